The van der Waals surface area contributed by atoms with Gasteiger partial charge >= 0.3 is 0 Å². The van der Waals surface area contributed by atoms with Crippen LogP contribution in [-0.4, -0.2) is 23.6 Å². The lowest BCUT2D eigenvalue weighted by Crippen LogP contribution is -2.29. The van der Waals surface area contributed by atoms with Crippen LogP contribution < -0.4 is 16.2 Å². The maximum absolute atomic E-state index is 5.58. The van der Waals surface area contributed by atoms with Crippen LogP contribution in [0.2, 0.25) is 0 Å². The third kappa shape index (κ3) is 3.60. The fourth-order valence-corrected chi connectivity index (χ4v) is 3.18. The lowest BCUT2D eigenvalue weighted by atomic mass is 9.89. The fraction of sp³-hybridized carbons (Fsp3) is 0.733. The zero-order valence-electron chi connectivity index (χ0n) is 12.7. The first-order valence-corrected chi connectivity index (χ1v) is 7.77. The Kier molecular flexibility index (Phi) is 5.59. The number of anilines is 2. The van der Waals surface area contributed by atoms with E-state index in [1.807, 2.05) is 0 Å². The number of nitrogens with one attached hydrogen (secondary N) is 1. The van der Waals surface area contributed by atoms with Gasteiger partial charge in [0.15, 0.2) is 0 Å². The monoisotopic (exact) mass is 277 g/mol. The van der Waals surface area contributed by atoms with Crippen LogP contribution in [-0.2, 0) is 6.42 Å². The Morgan fingerprint density at radius 3 is 2.70 bits per heavy atom. The standard InChI is InChI=1S/C15H27N5/c1-3-7-13-14(19-16)17-11-18-15(13)20(2)10-12-8-5-4-6-9-12/h11-12H,3-10,16H2,1-2H3,(H,17,18,19). The zero-order valence-corrected chi connectivity index (χ0v) is 12.7. The van der Waals surface area contributed by atoms with Crippen molar-refractivity contribution in [1.82, 2.24) is 9.97 Å². The van der Waals surface area contributed by atoms with E-state index in [0.29, 0.717) is 0 Å². The molecule has 2 rings (SSSR count). The van der Waals surface area contributed by atoms with Crippen LogP contribution in [0.1, 0.15) is 51.0 Å². The lowest BCUT2D eigenvalue weighted by Gasteiger charge is -2.29. The van der Waals surface area contributed by atoms with Crippen LogP contribution in [0.15, 0.2) is 6.33 Å². The van der Waals surface area contributed by atoms with Crippen molar-refractivity contribution in [2.45, 2.75) is 51.9 Å². The molecule has 0 aliphatic heterocycles. The third-order valence-electron chi connectivity index (χ3n) is 4.18. The fourth-order valence-electron chi connectivity index (χ4n) is 3.18. The molecule has 1 fully saturated rings. The summed E-state index contributed by atoms with van der Waals surface area (Å²) >= 11 is 0. The van der Waals surface area contributed by atoms with E-state index in [4.69, 9.17) is 5.84 Å². The number of hydrogen-bond acceptors (Lipinski definition) is 5. The van der Waals surface area contributed by atoms with E-state index in [-0.39, 0.29) is 0 Å². The van der Waals surface area contributed by atoms with Crippen molar-refractivity contribution in [1.29, 1.82) is 0 Å². The van der Waals surface area contributed by atoms with Crippen molar-refractivity contribution in [3.8, 4) is 0 Å². The molecule has 1 aliphatic carbocycles. The van der Waals surface area contributed by atoms with E-state index in [9.17, 15) is 0 Å². The van der Waals surface area contributed by atoms with Gasteiger partial charge in [-0.1, -0.05) is 32.6 Å². The first-order chi connectivity index (χ1) is 9.76. The molecule has 0 atom stereocenters. The van der Waals surface area contributed by atoms with Gasteiger partial charge < -0.3 is 10.3 Å². The Hall–Kier alpha value is -1.36. The predicted molar refractivity (Wildman–Crippen MR) is 83.7 cm³/mol. The van der Waals surface area contributed by atoms with E-state index >= 15 is 0 Å². The van der Waals surface area contributed by atoms with Gasteiger partial charge in [0.2, 0.25) is 0 Å². The predicted octanol–water partition coefficient (Wildman–Crippen LogP) is 2.73. The van der Waals surface area contributed by atoms with E-state index in [2.05, 4.69) is 34.3 Å². The smallest absolute Gasteiger partial charge is 0.148 e. The van der Waals surface area contributed by atoms with Gasteiger partial charge in [0.05, 0.1) is 0 Å². The van der Waals surface area contributed by atoms with Crippen LogP contribution in [0, 0.1) is 5.92 Å². The Morgan fingerprint density at radius 1 is 1.30 bits per heavy atom. The third-order valence-corrected chi connectivity index (χ3v) is 4.18. The molecule has 0 aromatic carbocycles. The van der Waals surface area contributed by atoms with Gasteiger partial charge in [-0.25, -0.2) is 15.8 Å². The molecule has 1 aromatic heterocycles. The van der Waals surface area contributed by atoms with Crippen LogP contribution >= 0.6 is 0 Å². The number of nitrogens with two attached hydrogens (primary N) is 1. The first-order valence-electron chi connectivity index (χ1n) is 7.77. The molecule has 1 aromatic rings. The molecule has 1 saturated carbocycles. The van der Waals surface area contributed by atoms with Gasteiger partial charge in [-0.2, -0.15) is 0 Å². The summed E-state index contributed by atoms with van der Waals surface area (Å²) < 4.78 is 0. The highest BCUT2D eigenvalue weighted by molar-refractivity contribution is 5.58. The largest absolute Gasteiger partial charge is 0.359 e. The molecule has 0 bridgehead atoms. The molecule has 1 heterocycles. The van der Waals surface area contributed by atoms with Gasteiger partial charge in [-0.3, -0.25) is 0 Å². The highest BCUT2D eigenvalue weighted by Gasteiger charge is 2.19. The Labute approximate surface area is 121 Å². The summed E-state index contributed by atoms with van der Waals surface area (Å²) in [6, 6.07) is 0. The van der Waals surface area contributed by atoms with E-state index in [0.717, 1.165) is 42.5 Å². The van der Waals surface area contributed by atoms with Crippen molar-refractivity contribution < 1.29 is 0 Å². The van der Waals surface area contributed by atoms with Crippen molar-refractivity contribution in [2.24, 2.45) is 11.8 Å². The quantitative estimate of drug-likeness (QED) is 0.618. The van der Waals surface area contributed by atoms with Crippen molar-refractivity contribution in [3.05, 3.63) is 11.9 Å². The van der Waals surface area contributed by atoms with Crippen molar-refractivity contribution in [2.75, 3.05) is 23.9 Å². The topological polar surface area (TPSA) is 67.1 Å². The molecule has 5 heteroatoms. The number of hydrazine groups is 1. The van der Waals surface area contributed by atoms with Gasteiger partial charge in [-0.15, -0.1) is 0 Å². The number of hydrogen-bond donors (Lipinski definition) is 2. The van der Waals surface area contributed by atoms with Gasteiger partial charge in [0, 0.05) is 19.2 Å². The Balaban J connectivity index is 2.13. The SMILES string of the molecule is CCCc1c(NN)ncnc1N(C)CC1CCCCC1. The summed E-state index contributed by atoms with van der Waals surface area (Å²) in [5, 5.41) is 0. The second-order valence-electron chi connectivity index (χ2n) is 5.80. The average Bonchev–Trinajstić information content (AvgIpc) is 2.48. The summed E-state index contributed by atoms with van der Waals surface area (Å²) in [5.74, 6) is 8.16. The van der Waals surface area contributed by atoms with Crippen LogP contribution in [0.4, 0.5) is 11.6 Å². The average molecular weight is 277 g/mol. The summed E-state index contributed by atoms with van der Waals surface area (Å²) in [6.45, 7) is 3.25. The molecule has 0 unspecified atom stereocenters. The molecule has 1 aliphatic rings. The Morgan fingerprint density at radius 2 is 2.05 bits per heavy atom. The molecule has 5 nitrogen and oxygen atoms in total. The molecule has 112 valence electrons. The molecular formula is C15H27N5. The van der Waals surface area contributed by atoms with Crippen LogP contribution in [0.3, 0.4) is 0 Å². The molecular weight excluding hydrogens is 250 g/mol. The van der Waals surface area contributed by atoms with Crippen LogP contribution in [0.25, 0.3) is 0 Å². The molecule has 0 radical (unpaired) electrons. The lowest BCUT2D eigenvalue weighted by molar-refractivity contribution is 0.361. The maximum Gasteiger partial charge on any atom is 0.148 e. The van der Waals surface area contributed by atoms with Gasteiger partial charge in [0.1, 0.15) is 18.0 Å². The first kappa shape index (κ1) is 15.0. The summed E-state index contributed by atoms with van der Waals surface area (Å²) in [7, 11) is 2.14. The number of rotatable bonds is 6. The number of nitrogen functional groups attached to an aromatic ring is 1. The molecule has 3 N–H and O–H groups in total. The summed E-state index contributed by atoms with van der Waals surface area (Å²) in [4.78, 5) is 11.0. The zero-order chi connectivity index (χ0) is 14.4. The minimum Gasteiger partial charge on any atom is -0.359 e. The minimum absolute atomic E-state index is 0.757. The van der Waals surface area contributed by atoms with E-state index < -0.39 is 0 Å². The molecule has 0 spiro atoms. The van der Waals surface area contributed by atoms with E-state index in [1.54, 1.807) is 6.33 Å². The summed E-state index contributed by atoms with van der Waals surface area (Å²) in [5.41, 5.74) is 3.84. The molecule has 20 heavy (non-hydrogen) atoms. The van der Waals surface area contributed by atoms with E-state index in [1.165, 1.54) is 32.1 Å². The normalized spacial score (nSPS) is 16.1. The summed E-state index contributed by atoms with van der Waals surface area (Å²) in [6.07, 6.45) is 10.5. The highest BCUT2D eigenvalue weighted by Crippen LogP contribution is 2.28. The number of nitrogens with zero attached hydrogens (tertiary/aromatic N) is 3. The number of aromatic nitrogens is 2. The second kappa shape index (κ2) is 7.43. The minimum atomic E-state index is 0.757. The Bertz CT molecular complexity index is 415. The molecule has 0 amide bonds. The maximum atomic E-state index is 5.58. The van der Waals surface area contributed by atoms with Gasteiger partial charge in [-0.05, 0) is 25.2 Å². The van der Waals surface area contributed by atoms with Gasteiger partial charge in [0.25, 0.3) is 0 Å². The van der Waals surface area contributed by atoms with Crippen molar-refractivity contribution in [3.63, 3.8) is 0 Å². The van der Waals surface area contributed by atoms with Crippen molar-refractivity contribution >= 4 is 11.6 Å². The second-order valence-corrected chi connectivity index (χ2v) is 5.80. The highest BCUT2D eigenvalue weighted by atomic mass is 15.3. The van der Waals surface area contributed by atoms with Crippen LogP contribution in [0.5, 0.6) is 0 Å². The molecule has 0 saturated heterocycles.